The fraction of sp³-hybridized carbons (Fsp3) is 0.444. The number of nitrogens with two attached hydrogens (primary N) is 1. The number of rotatable bonds is 6. The second kappa shape index (κ2) is 5.86. The number of methoxy groups -OCH3 is 1. The molecule has 1 rings (SSSR count). The fourth-order valence-corrected chi connectivity index (χ4v) is 1.15. The zero-order valence-electron chi connectivity index (χ0n) is 8.97. The molecule has 0 amide bonds. The Morgan fingerprint density at radius 2 is 2.38 bits per heavy atom. The predicted octanol–water partition coefficient (Wildman–Crippen LogP) is 1.02. The molecule has 0 aliphatic carbocycles. The van der Waals surface area contributed by atoms with Crippen molar-refractivity contribution in [3.05, 3.63) is 22.2 Å². The molecule has 0 aliphatic rings. The van der Waals surface area contributed by atoms with Gasteiger partial charge in [0.15, 0.2) is 0 Å². The standard InChI is InChI=1S/C9H14N4O3/c1-16-6-2-5-11-8-4-3-7(13(14)15)9(10)12-8/h3-4H,2,5-6H2,1H3,(H3,10,11,12). The average molecular weight is 226 g/mol. The van der Waals surface area contributed by atoms with Crippen molar-refractivity contribution in [1.82, 2.24) is 4.98 Å². The minimum absolute atomic E-state index is 0.0817. The molecule has 1 aromatic rings. The van der Waals surface area contributed by atoms with Crippen LogP contribution in [0.3, 0.4) is 0 Å². The lowest BCUT2D eigenvalue weighted by atomic mass is 10.3. The monoisotopic (exact) mass is 226 g/mol. The molecular weight excluding hydrogens is 212 g/mol. The van der Waals surface area contributed by atoms with Gasteiger partial charge in [0, 0.05) is 26.3 Å². The zero-order chi connectivity index (χ0) is 12.0. The molecule has 0 atom stereocenters. The third-order valence-corrected chi connectivity index (χ3v) is 1.93. The van der Waals surface area contributed by atoms with E-state index in [0.29, 0.717) is 19.0 Å². The van der Waals surface area contributed by atoms with Crippen LogP contribution in [0.1, 0.15) is 6.42 Å². The van der Waals surface area contributed by atoms with Gasteiger partial charge in [-0.3, -0.25) is 10.1 Å². The van der Waals surface area contributed by atoms with E-state index in [2.05, 4.69) is 10.3 Å². The lowest BCUT2D eigenvalue weighted by molar-refractivity contribution is -0.384. The highest BCUT2D eigenvalue weighted by Crippen LogP contribution is 2.20. The molecule has 7 heteroatoms. The van der Waals surface area contributed by atoms with Crippen LogP contribution in [0.15, 0.2) is 12.1 Å². The van der Waals surface area contributed by atoms with E-state index < -0.39 is 4.92 Å². The molecule has 88 valence electrons. The first kappa shape index (κ1) is 12.2. The van der Waals surface area contributed by atoms with Gasteiger partial charge in [0.25, 0.3) is 0 Å². The van der Waals surface area contributed by atoms with Gasteiger partial charge in [-0.05, 0) is 12.5 Å². The molecule has 1 aromatic heterocycles. The van der Waals surface area contributed by atoms with Crippen molar-refractivity contribution in [1.29, 1.82) is 0 Å². The number of hydrogen-bond acceptors (Lipinski definition) is 6. The molecule has 0 unspecified atom stereocenters. The number of nitrogens with zero attached hydrogens (tertiary/aromatic N) is 2. The summed E-state index contributed by atoms with van der Waals surface area (Å²) in [6, 6.07) is 2.86. The average Bonchev–Trinajstić information content (AvgIpc) is 2.24. The molecule has 0 spiro atoms. The van der Waals surface area contributed by atoms with Crippen LogP contribution in [0.5, 0.6) is 0 Å². The van der Waals surface area contributed by atoms with Gasteiger partial charge in [-0.25, -0.2) is 4.98 Å². The van der Waals surface area contributed by atoms with Crippen LogP contribution in [0, 0.1) is 10.1 Å². The summed E-state index contributed by atoms with van der Waals surface area (Å²) in [5, 5.41) is 13.5. The first-order valence-electron chi connectivity index (χ1n) is 4.79. The minimum atomic E-state index is -0.558. The lowest BCUT2D eigenvalue weighted by Gasteiger charge is -2.05. The normalized spacial score (nSPS) is 10.1. The van der Waals surface area contributed by atoms with E-state index in [4.69, 9.17) is 10.5 Å². The maximum absolute atomic E-state index is 10.5. The van der Waals surface area contributed by atoms with Crippen LogP contribution in [0.2, 0.25) is 0 Å². The van der Waals surface area contributed by atoms with Crippen molar-refractivity contribution in [3.8, 4) is 0 Å². The molecule has 0 aromatic carbocycles. The SMILES string of the molecule is COCCCNc1ccc([N+](=O)[O-])c(N)n1. The van der Waals surface area contributed by atoms with E-state index in [-0.39, 0.29) is 11.5 Å². The quantitative estimate of drug-likeness (QED) is 0.426. The molecule has 0 bridgehead atoms. The summed E-state index contributed by atoms with van der Waals surface area (Å²) in [5.74, 6) is 0.445. The highest BCUT2D eigenvalue weighted by atomic mass is 16.6. The van der Waals surface area contributed by atoms with E-state index >= 15 is 0 Å². The van der Waals surface area contributed by atoms with Crippen LogP contribution < -0.4 is 11.1 Å². The molecule has 0 radical (unpaired) electrons. The summed E-state index contributed by atoms with van der Waals surface area (Å²) in [5.41, 5.74) is 5.26. The second-order valence-electron chi connectivity index (χ2n) is 3.13. The van der Waals surface area contributed by atoms with E-state index in [1.165, 1.54) is 12.1 Å². The van der Waals surface area contributed by atoms with Crippen molar-refractivity contribution in [2.45, 2.75) is 6.42 Å². The predicted molar refractivity (Wildman–Crippen MR) is 60.3 cm³/mol. The third kappa shape index (κ3) is 3.35. The topological polar surface area (TPSA) is 103 Å². The van der Waals surface area contributed by atoms with Crippen LogP contribution in [-0.2, 0) is 4.74 Å². The molecule has 1 heterocycles. The van der Waals surface area contributed by atoms with Crippen molar-refractivity contribution < 1.29 is 9.66 Å². The van der Waals surface area contributed by atoms with Gasteiger partial charge in [0.2, 0.25) is 5.82 Å². The summed E-state index contributed by atoms with van der Waals surface area (Å²) < 4.78 is 4.88. The number of ether oxygens (including phenoxy) is 1. The Kier molecular flexibility index (Phi) is 4.46. The lowest BCUT2D eigenvalue weighted by Crippen LogP contribution is -2.07. The smallest absolute Gasteiger partial charge is 0.311 e. The van der Waals surface area contributed by atoms with Crippen molar-refractivity contribution in [3.63, 3.8) is 0 Å². The van der Waals surface area contributed by atoms with Crippen LogP contribution >= 0.6 is 0 Å². The number of nitrogens with one attached hydrogen (secondary N) is 1. The van der Waals surface area contributed by atoms with Crippen LogP contribution in [-0.4, -0.2) is 30.2 Å². The zero-order valence-corrected chi connectivity index (χ0v) is 8.97. The molecule has 7 nitrogen and oxygen atoms in total. The Hall–Kier alpha value is -1.89. The van der Waals surface area contributed by atoms with E-state index in [9.17, 15) is 10.1 Å². The van der Waals surface area contributed by atoms with Gasteiger partial charge in [-0.15, -0.1) is 0 Å². The van der Waals surface area contributed by atoms with Crippen molar-refractivity contribution in [2.75, 3.05) is 31.3 Å². The Morgan fingerprint density at radius 1 is 1.62 bits per heavy atom. The highest BCUT2D eigenvalue weighted by molar-refractivity contribution is 5.57. The Morgan fingerprint density at radius 3 is 2.94 bits per heavy atom. The van der Waals surface area contributed by atoms with E-state index in [1.54, 1.807) is 7.11 Å². The summed E-state index contributed by atoms with van der Waals surface area (Å²) in [4.78, 5) is 13.8. The minimum Gasteiger partial charge on any atom is -0.385 e. The maximum atomic E-state index is 10.5. The molecule has 0 saturated carbocycles. The second-order valence-corrected chi connectivity index (χ2v) is 3.13. The Bertz CT molecular complexity index is 370. The first-order valence-corrected chi connectivity index (χ1v) is 4.79. The van der Waals surface area contributed by atoms with Gasteiger partial charge in [-0.1, -0.05) is 0 Å². The fourth-order valence-electron chi connectivity index (χ4n) is 1.15. The summed E-state index contributed by atoms with van der Waals surface area (Å²) in [6.45, 7) is 1.33. The molecule has 0 fully saturated rings. The number of nitrogen functional groups attached to an aromatic ring is 1. The number of hydrogen-bond donors (Lipinski definition) is 2. The van der Waals surface area contributed by atoms with Crippen LogP contribution in [0.4, 0.5) is 17.3 Å². The maximum Gasteiger partial charge on any atom is 0.311 e. The van der Waals surface area contributed by atoms with E-state index in [0.717, 1.165) is 6.42 Å². The van der Waals surface area contributed by atoms with Gasteiger partial charge in [0.1, 0.15) is 5.82 Å². The third-order valence-electron chi connectivity index (χ3n) is 1.93. The number of anilines is 2. The summed E-state index contributed by atoms with van der Waals surface area (Å²) in [6.07, 6.45) is 0.828. The largest absolute Gasteiger partial charge is 0.385 e. The summed E-state index contributed by atoms with van der Waals surface area (Å²) >= 11 is 0. The Balaban J connectivity index is 2.56. The van der Waals surface area contributed by atoms with Crippen LogP contribution in [0.25, 0.3) is 0 Å². The highest BCUT2D eigenvalue weighted by Gasteiger charge is 2.12. The number of nitro groups is 1. The first-order chi connectivity index (χ1) is 7.65. The summed E-state index contributed by atoms with van der Waals surface area (Å²) in [7, 11) is 1.63. The molecule has 0 aliphatic heterocycles. The molecule has 3 N–H and O–H groups in total. The van der Waals surface area contributed by atoms with Crippen molar-refractivity contribution >= 4 is 17.3 Å². The van der Waals surface area contributed by atoms with Gasteiger partial charge in [-0.2, -0.15) is 0 Å². The molecular formula is C9H14N4O3. The Labute approximate surface area is 92.8 Å². The number of aromatic nitrogens is 1. The van der Waals surface area contributed by atoms with Crippen molar-refractivity contribution in [2.24, 2.45) is 0 Å². The van der Waals surface area contributed by atoms with E-state index in [1.807, 2.05) is 0 Å². The van der Waals surface area contributed by atoms with Gasteiger partial charge < -0.3 is 15.8 Å². The molecule has 16 heavy (non-hydrogen) atoms. The number of pyridine rings is 1. The van der Waals surface area contributed by atoms with Gasteiger partial charge in [0.05, 0.1) is 4.92 Å². The molecule has 0 saturated heterocycles. The van der Waals surface area contributed by atoms with Gasteiger partial charge >= 0.3 is 5.69 Å².